The lowest BCUT2D eigenvalue weighted by molar-refractivity contribution is 0.190. The van der Waals surface area contributed by atoms with Gasteiger partial charge < -0.3 is 15.7 Å². The molecule has 0 saturated heterocycles. The van der Waals surface area contributed by atoms with E-state index < -0.39 is 0 Å². The molecular formula is C11H22N2O2. The summed E-state index contributed by atoms with van der Waals surface area (Å²) in [5, 5.41) is 14.8. The van der Waals surface area contributed by atoms with Crippen LogP contribution in [-0.2, 0) is 0 Å². The largest absolute Gasteiger partial charge is 0.396 e. The van der Waals surface area contributed by atoms with Gasteiger partial charge in [-0.05, 0) is 38.5 Å². The van der Waals surface area contributed by atoms with Crippen molar-refractivity contribution in [1.29, 1.82) is 0 Å². The summed E-state index contributed by atoms with van der Waals surface area (Å²) in [6.45, 7) is 4.80. The molecule has 0 bridgehead atoms. The van der Waals surface area contributed by atoms with E-state index in [4.69, 9.17) is 5.11 Å². The second-order valence-electron chi connectivity index (χ2n) is 4.64. The fourth-order valence-corrected chi connectivity index (χ4v) is 2.16. The Hall–Kier alpha value is -0.770. The Morgan fingerprint density at radius 3 is 2.67 bits per heavy atom. The van der Waals surface area contributed by atoms with Crippen LogP contribution >= 0.6 is 0 Å². The van der Waals surface area contributed by atoms with Gasteiger partial charge in [0, 0.05) is 19.2 Å². The van der Waals surface area contributed by atoms with E-state index in [1.54, 1.807) is 0 Å². The van der Waals surface area contributed by atoms with Gasteiger partial charge in [0.15, 0.2) is 0 Å². The molecule has 2 atom stereocenters. The van der Waals surface area contributed by atoms with Gasteiger partial charge in [-0.3, -0.25) is 0 Å². The van der Waals surface area contributed by atoms with Crippen molar-refractivity contribution in [2.24, 2.45) is 11.8 Å². The first-order chi connectivity index (χ1) is 7.13. The Labute approximate surface area is 91.4 Å². The molecular weight excluding hydrogens is 192 g/mol. The van der Waals surface area contributed by atoms with E-state index in [0.29, 0.717) is 18.4 Å². The summed E-state index contributed by atoms with van der Waals surface area (Å²) in [5.41, 5.74) is 0. The van der Waals surface area contributed by atoms with E-state index in [0.717, 1.165) is 12.8 Å². The second kappa shape index (κ2) is 5.95. The van der Waals surface area contributed by atoms with Crippen LogP contribution in [0.25, 0.3) is 0 Å². The van der Waals surface area contributed by atoms with Crippen molar-refractivity contribution in [2.75, 3.05) is 13.2 Å². The number of urea groups is 1. The van der Waals surface area contributed by atoms with E-state index in [1.807, 2.05) is 13.8 Å². The second-order valence-corrected chi connectivity index (χ2v) is 4.64. The zero-order valence-electron chi connectivity index (χ0n) is 9.62. The van der Waals surface area contributed by atoms with Crippen LogP contribution in [0.3, 0.4) is 0 Å². The molecule has 0 radical (unpaired) electrons. The zero-order valence-corrected chi connectivity index (χ0v) is 9.62. The minimum Gasteiger partial charge on any atom is -0.396 e. The molecule has 15 heavy (non-hydrogen) atoms. The number of carbonyl (C=O) groups is 1. The van der Waals surface area contributed by atoms with Gasteiger partial charge in [-0.25, -0.2) is 4.79 Å². The molecule has 0 heterocycles. The van der Waals surface area contributed by atoms with Gasteiger partial charge in [-0.2, -0.15) is 0 Å². The Balaban J connectivity index is 2.21. The van der Waals surface area contributed by atoms with Crippen molar-refractivity contribution >= 4 is 6.03 Å². The van der Waals surface area contributed by atoms with E-state index in [-0.39, 0.29) is 18.7 Å². The molecule has 1 aliphatic rings. The zero-order chi connectivity index (χ0) is 11.3. The predicted molar refractivity (Wildman–Crippen MR) is 59.6 cm³/mol. The standard InChI is InChI=1S/C11H22N2O2/c1-8(2)13-11(15)12-6-9-4-3-5-10(9)7-14/h8-10,14H,3-7H2,1-2H3,(H2,12,13,15). The number of rotatable bonds is 4. The van der Waals surface area contributed by atoms with E-state index >= 15 is 0 Å². The van der Waals surface area contributed by atoms with Gasteiger partial charge in [0.05, 0.1) is 0 Å². The molecule has 88 valence electrons. The molecule has 3 N–H and O–H groups in total. The molecule has 1 saturated carbocycles. The SMILES string of the molecule is CC(C)NC(=O)NCC1CCCC1CO. The van der Waals surface area contributed by atoms with Crippen molar-refractivity contribution in [3.63, 3.8) is 0 Å². The molecule has 2 amide bonds. The number of carbonyl (C=O) groups excluding carboxylic acids is 1. The highest BCUT2D eigenvalue weighted by Gasteiger charge is 2.26. The van der Waals surface area contributed by atoms with Crippen LogP contribution in [-0.4, -0.2) is 30.3 Å². The van der Waals surface area contributed by atoms with Crippen LogP contribution in [0.2, 0.25) is 0 Å². The van der Waals surface area contributed by atoms with Gasteiger partial charge in [0.25, 0.3) is 0 Å². The fourth-order valence-electron chi connectivity index (χ4n) is 2.16. The number of aliphatic hydroxyl groups excluding tert-OH is 1. The summed E-state index contributed by atoms with van der Waals surface area (Å²) in [7, 11) is 0. The molecule has 4 nitrogen and oxygen atoms in total. The normalized spacial score (nSPS) is 25.6. The molecule has 0 aromatic carbocycles. The third-order valence-corrected chi connectivity index (χ3v) is 3.00. The van der Waals surface area contributed by atoms with Crippen LogP contribution in [0.4, 0.5) is 4.79 Å². The maximum atomic E-state index is 11.3. The third kappa shape index (κ3) is 4.08. The molecule has 0 aliphatic heterocycles. The molecule has 0 spiro atoms. The van der Waals surface area contributed by atoms with Gasteiger partial charge in [-0.15, -0.1) is 0 Å². The van der Waals surface area contributed by atoms with E-state index in [2.05, 4.69) is 10.6 Å². The van der Waals surface area contributed by atoms with Crippen molar-refractivity contribution in [3.8, 4) is 0 Å². The maximum absolute atomic E-state index is 11.3. The van der Waals surface area contributed by atoms with Crippen LogP contribution in [0.15, 0.2) is 0 Å². The smallest absolute Gasteiger partial charge is 0.314 e. The summed E-state index contributed by atoms with van der Waals surface area (Å²) >= 11 is 0. The van der Waals surface area contributed by atoms with Crippen LogP contribution in [0.5, 0.6) is 0 Å². The number of amides is 2. The quantitative estimate of drug-likeness (QED) is 0.656. The lowest BCUT2D eigenvalue weighted by Gasteiger charge is -2.18. The first kappa shape index (κ1) is 12.3. The van der Waals surface area contributed by atoms with Crippen molar-refractivity contribution in [3.05, 3.63) is 0 Å². The highest BCUT2D eigenvalue weighted by molar-refractivity contribution is 5.74. The minimum atomic E-state index is -0.103. The molecule has 1 rings (SSSR count). The lowest BCUT2D eigenvalue weighted by Crippen LogP contribution is -2.42. The Morgan fingerprint density at radius 2 is 2.07 bits per heavy atom. The summed E-state index contributed by atoms with van der Waals surface area (Å²) in [6, 6.07) is 0.0656. The molecule has 0 aromatic heterocycles. The molecule has 4 heteroatoms. The highest BCUT2D eigenvalue weighted by Crippen LogP contribution is 2.30. The van der Waals surface area contributed by atoms with Crippen LogP contribution < -0.4 is 10.6 Å². The highest BCUT2D eigenvalue weighted by atomic mass is 16.3. The number of aliphatic hydroxyl groups is 1. The lowest BCUT2D eigenvalue weighted by atomic mass is 9.97. The monoisotopic (exact) mass is 214 g/mol. The molecule has 0 aromatic rings. The number of nitrogens with one attached hydrogen (secondary N) is 2. The molecule has 1 aliphatic carbocycles. The number of hydrogen-bond acceptors (Lipinski definition) is 2. The summed E-state index contributed by atoms with van der Waals surface area (Å²) < 4.78 is 0. The Kier molecular flexibility index (Phi) is 4.88. The number of hydrogen-bond donors (Lipinski definition) is 3. The molecule has 1 fully saturated rings. The van der Waals surface area contributed by atoms with Gasteiger partial charge >= 0.3 is 6.03 Å². The predicted octanol–water partition coefficient (Wildman–Crippen LogP) is 1.10. The van der Waals surface area contributed by atoms with Crippen molar-refractivity contribution < 1.29 is 9.90 Å². The van der Waals surface area contributed by atoms with E-state index in [9.17, 15) is 4.79 Å². The Bertz CT molecular complexity index is 207. The first-order valence-electron chi connectivity index (χ1n) is 5.78. The average molecular weight is 214 g/mol. The topological polar surface area (TPSA) is 61.4 Å². The average Bonchev–Trinajstić information content (AvgIpc) is 2.60. The van der Waals surface area contributed by atoms with Gasteiger partial charge in [-0.1, -0.05) is 6.42 Å². The first-order valence-corrected chi connectivity index (χ1v) is 5.78. The van der Waals surface area contributed by atoms with Crippen molar-refractivity contribution in [1.82, 2.24) is 10.6 Å². The molecule has 2 unspecified atom stereocenters. The van der Waals surface area contributed by atoms with E-state index in [1.165, 1.54) is 6.42 Å². The van der Waals surface area contributed by atoms with Gasteiger partial charge in [0.2, 0.25) is 0 Å². The summed E-state index contributed by atoms with van der Waals surface area (Å²) in [5.74, 6) is 0.831. The van der Waals surface area contributed by atoms with Crippen LogP contribution in [0, 0.1) is 11.8 Å². The fraction of sp³-hybridized carbons (Fsp3) is 0.909. The van der Waals surface area contributed by atoms with Gasteiger partial charge in [0.1, 0.15) is 0 Å². The van der Waals surface area contributed by atoms with Crippen molar-refractivity contribution in [2.45, 2.75) is 39.2 Å². The summed E-state index contributed by atoms with van der Waals surface area (Å²) in [6.07, 6.45) is 3.38. The third-order valence-electron chi connectivity index (χ3n) is 3.00. The minimum absolute atomic E-state index is 0.103. The maximum Gasteiger partial charge on any atom is 0.314 e. The Morgan fingerprint density at radius 1 is 1.40 bits per heavy atom. The summed E-state index contributed by atoms with van der Waals surface area (Å²) in [4.78, 5) is 11.3. The van der Waals surface area contributed by atoms with Crippen LogP contribution in [0.1, 0.15) is 33.1 Å².